The Hall–Kier alpha value is -1.27. The second-order valence-corrected chi connectivity index (χ2v) is 8.64. The molecule has 1 fully saturated rings. The first-order valence-corrected chi connectivity index (χ1v) is 9.52. The zero-order valence-corrected chi connectivity index (χ0v) is 13.6. The molecule has 7 heteroatoms. The molecule has 0 unspecified atom stereocenters. The van der Waals surface area contributed by atoms with E-state index >= 15 is 0 Å². The molecule has 1 aromatic rings. The molecule has 0 aromatic heterocycles. The van der Waals surface area contributed by atoms with Crippen molar-refractivity contribution < 1.29 is 17.9 Å². The molecule has 0 aliphatic carbocycles. The maximum Gasteiger partial charge on any atom is 0.226 e. The van der Waals surface area contributed by atoms with Crippen LogP contribution < -0.4 is 10.1 Å². The van der Waals surface area contributed by atoms with E-state index in [1.807, 2.05) is 12.1 Å². The number of amides is 1. The Kier molecular flexibility index (Phi) is 4.32. The number of carbonyl (C=O) groups is 1. The van der Waals surface area contributed by atoms with Crippen molar-refractivity contribution in [1.82, 2.24) is 5.32 Å². The van der Waals surface area contributed by atoms with Gasteiger partial charge in [-0.05, 0) is 42.5 Å². The summed E-state index contributed by atoms with van der Waals surface area (Å²) in [6, 6.07) is 5.40. The van der Waals surface area contributed by atoms with Gasteiger partial charge < -0.3 is 10.1 Å². The molecule has 120 valence electrons. The molecule has 2 atom stereocenters. The predicted octanol–water partition coefficient (Wildman–Crippen LogP) is 1.44. The maximum atomic E-state index is 12.2. The molecule has 1 aromatic carbocycles. The van der Waals surface area contributed by atoms with E-state index in [-0.39, 0.29) is 29.2 Å². The van der Waals surface area contributed by atoms with Crippen LogP contribution in [0.25, 0.3) is 0 Å². The van der Waals surface area contributed by atoms with Crippen LogP contribution in [0.2, 0.25) is 5.02 Å². The molecule has 5 nitrogen and oxygen atoms in total. The quantitative estimate of drug-likeness (QED) is 0.901. The first-order chi connectivity index (χ1) is 10.4. The van der Waals surface area contributed by atoms with E-state index in [9.17, 15) is 13.2 Å². The highest BCUT2D eigenvalue weighted by Crippen LogP contribution is 2.29. The highest BCUT2D eigenvalue weighted by molar-refractivity contribution is 7.91. The van der Waals surface area contributed by atoms with Gasteiger partial charge in [-0.2, -0.15) is 0 Å². The molecule has 0 saturated carbocycles. The number of hydrogen-bond acceptors (Lipinski definition) is 4. The SMILES string of the molecule is O=C(NC[C@H]1CCS(=O)(=O)C1)[C@H]1COc2ccc(Cl)cc2C1. The van der Waals surface area contributed by atoms with Gasteiger partial charge in [0.05, 0.1) is 17.4 Å². The van der Waals surface area contributed by atoms with Gasteiger partial charge in [-0.1, -0.05) is 11.6 Å². The fourth-order valence-electron chi connectivity index (χ4n) is 2.95. The summed E-state index contributed by atoms with van der Waals surface area (Å²) in [5.74, 6) is 0.855. The third-order valence-electron chi connectivity index (χ3n) is 4.19. The topological polar surface area (TPSA) is 72.5 Å². The Bertz CT molecular complexity index is 689. The second kappa shape index (κ2) is 6.08. The van der Waals surface area contributed by atoms with Crippen LogP contribution in [-0.2, 0) is 21.1 Å². The molecule has 3 rings (SSSR count). The van der Waals surface area contributed by atoms with E-state index in [0.29, 0.717) is 31.0 Å². The molecule has 0 spiro atoms. The van der Waals surface area contributed by atoms with Gasteiger partial charge in [0.25, 0.3) is 0 Å². The minimum absolute atomic E-state index is 0.0280. The monoisotopic (exact) mass is 343 g/mol. The second-order valence-electron chi connectivity index (χ2n) is 5.98. The lowest BCUT2D eigenvalue weighted by molar-refractivity contribution is -0.126. The minimum Gasteiger partial charge on any atom is -0.492 e. The summed E-state index contributed by atoms with van der Waals surface area (Å²) >= 11 is 5.96. The molecule has 0 radical (unpaired) electrons. The van der Waals surface area contributed by atoms with Gasteiger partial charge in [0.15, 0.2) is 9.84 Å². The van der Waals surface area contributed by atoms with Crippen molar-refractivity contribution in [3.8, 4) is 5.75 Å². The average Bonchev–Trinajstić information content (AvgIpc) is 2.83. The van der Waals surface area contributed by atoms with E-state index in [1.165, 1.54) is 0 Å². The molecule has 1 saturated heterocycles. The first-order valence-electron chi connectivity index (χ1n) is 7.32. The van der Waals surface area contributed by atoms with Crippen molar-refractivity contribution in [2.24, 2.45) is 11.8 Å². The van der Waals surface area contributed by atoms with Crippen molar-refractivity contribution >= 4 is 27.3 Å². The smallest absolute Gasteiger partial charge is 0.226 e. The molecular formula is C15H18ClNO4S. The predicted molar refractivity (Wildman–Crippen MR) is 83.9 cm³/mol. The number of ether oxygens (including phenoxy) is 1. The van der Waals surface area contributed by atoms with Gasteiger partial charge in [0.1, 0.15) is 12.4 Å². The highest BCUT2D eigenvalue weighted by atomic mass is 35.5. The number of nitrogens with one attached hydrogen (secondary N) is 1. The average molecular weight is 344 g/mol. The van der Waals surface area contributed by atoms with Crippen LogP contribution in [0.15, 0.2) is 18.2 Å². The fraction of sp³-hybridized carbons (Fsp3) is 0.533. The summed E-state index contributed by atoms with van der Waals surface area (Å²) in [5.41, 5.74) is 0.933. The van der Waals surface area contributed by atoms with E-state index in [2.05, 4.69) is 5.32 Å². The van der Waals surface area contributed by atoms with Crippen molar-refractivity contribution in [1.29, 1.82) is 0 Å². The highest BCUT2D eigenvalue weighted by Gasteiger charge is 2.30. The molecule has 0 bridgehead atoms. The van der Waals surface area contributed by atoms with Crippen LogP contribution in [0.4, 0.5) is 0 Å². The third-order valence-corrected chi connectivity index (χ3v) is 6.26. The molecule has 2 aliphatic rings. The normalized spacial score (nSPS) is 26.0. The van der Waals surface area contributed by atoms with E-state index in [1.54, 1.807) is 6.07 Å². The van der Waals surface area contributed by atoms with Crippen LogP contribution >= 0.6 is 11.6 Å². The fourth-order valence-corrected chi connectivity index (χ4v) is 5.01. The van der Waals surface area contributed by atoms with Crippen molar-refractivity contribution in [2.45, 2.75) is 12.8 Å². The largest absolute Gasteiger partial charge is 0.492 e. The third kappa shape index (κ3) is 3.55. The van der Waals surface area contributed by atoms with Crippen LogP contribution in [0.1, 0.15) is 12.0 Å². The van der Waals surface area contributed by atoms with Crippen LogP contribution in [0.5, 0.6) is 5.75 Å². The Morgan fingerprint density at radius 3 is 2.95 bits per heavy atom. The van der Waals surface area contributed by atoms with Gasteiger partial charge in [-0.3, -0.25) is 4.79 Å². The lowest BCUT2D eigenvalue weighted by Gasteiger charge is -2.25. The number of fused-ring (bicyclic) bond motifs is 1. The summed E-state index contributed by atoms with van der Waals surface area (Å²) in [7, 11) is -2.90. The molecule has 2 heterocycles. The number of sulfone groups is 1. The lowest BCUT2D eigenvalue weighted by atomic mass is 9.96. The van der Waals surface area contributed by atoms with Crippen LogP contribution in [0.3, 0.4) is 0 Å². The molecular weight excluding hydrogens is 326 g/mol. The van der Waals surface area contributed by atoms with Crippen LogP contribution in [0, 0.1) is 11.8 Å². The van der Waals surface area contributed by atoms with Crippen LogP contribution in [-0.4, -0.2) is 39.0 Å². The Balaban J connectivity index is 1.55. The Labute approximate surface area is 134 Å². The number of benzene rings is 1. The zero-order valence-electron chi connectivity index (χ0n) is 12.0. The number of rotatable bonds is 3. The van der Waals surface area contributed by atoms with Crippen molar-refractivity contribution in [3.63, 3.8) is 0 Å². The molecule has 1 amide bonds. The number of hydrogen-bond donors (Lipinski definition) is 1. The summed E-state index contributed by atoms with van der Waals surface area (Å²) in [4.78, 5) is 12.2. The van der Waals surface area contributed by atoms with E-state index in [4.69, 9.17) is 16.3 Å². The molecule has 1 N–H and O–H groups in total. The summed E-state index contributed by atoms with van der Waals surface area (Å²) < 4.78 is 28.4. The zero-order chi connectivity index (χ0) is 15.7. The van der Waals surface area contributed by atoms with Crippen molar-refractivity contribution in [2.75, 3.05) is 24.7 Å². The van der Waals surface area contributed by atoms with Gasteiger partial charge in [-0.25, -0.2) is 8.42 Å². The summed E-state index contributed by atoms with van der Waals surface area (Å²) in [6.45, 7) is 0.750. The van der Waals surface area contributed by atoms with Gasteiger partial charge >= 0.3 is 0 Å². The maximum absolute atomic E-state index is 12.2. The minimum atomic E-state index is -2.90. The Morgan fingerprint density at radius 2 is 2.23 bits per heavy atom. The number of halogens is 1. The number of carbonyl (C=O) groups excluding carboxylic acids is 1. The summed E-state index contributed by atoms with van der Waals surface area (Å²) in [5, 5.41) is 3.49. The van der Waals surface area contributed by atoms with Crippen molar-refractivity contribution in [3.05, 3.63) is 28.8 Å². The standard InChI is InChI=1S/C15H18ClNO4S/c16-13-1-2-14-11(6-13)5-12(8-21-14)15(18)17-7-10-3-4-22(19,20)9-10/h1-2,6,10,12H,3-5,7-9H2,(H,17,18)/t10-,12-/m1/s1. The van der Waals surface area contributed by atoms with E-state index in [0.717, 1.165) is 11.3 Å². The molecule has 22 heavy (non-hydrogen) atoms. The molecule has 2 aliphatic heterocycles. The lowest BCUT2D eigenvalue weighted by Crippen LogP contribution is -2.39. The van der Waals surface area contributed by atoms with E-state index < -0.39 is 9.84 Å². The van der Waals surface area contributed by atoms with Gasteiger partial charge in [0.2, 0.25) is 5.91 Å². The first kappa shape index (κ1) is 15.6. The van der Waals surface area contributed by atoms with Gasteiger partial charge in [-0.15, -0.1) is 0 Å². The summed E-state index contributed by atoms with van der Waals surface area (Å²) in [6.07, 6.45) is 1.22. The van der Waals surface area contributed by atoms with Gasteiger partial charge in [0, 0.05) is 11.6 Å². The Morgan fingerprint density at radius 1 is 1.41 bits per heavy atom.